The van der Waals surface area contributed by atoms with Gasteiger partial charge >= 0.3 is 0 Å². The molecule has 0 bridgehead atoms. The Hall–Kier alpha value is -0.980. The van der Waals surface area contributed by atoms with Crippen molar-refractivity contribution in [3.05, 3.63) is 35.5 Å². The summed E-state index contributed by atoms with van der Waals surface area (Å²) in [6.45, 7) is 11.9. The van der Waals surface area contributed by atoms with E-state index in [9.17, 15) is 25.5 Å². The van der Waals surface area contributed by atoms with Crippen LogP contribution < -0.4 is 0 Å². The van der Waals surface area contributed by atoms with Gasteiger partial charge in [-0.15, -0.1) is 0 Å². The molecule has 3 aliphatic carbocycles. The number of aliphatic hydroxyl groups excluding tert-OH is 3. The predicted molar refractivity (Wildman–Crippen MR) is 127 cm³/mol. The van der Waals surface area contributed by atoms with Crippen LogP contribution in [0.1, 0.15) is 85.5 Å². The highest BCUT2D eigenvalue weighted by atomic mass is 16.4. The van der Waals surface area contributed by atoms with Crippen LogP contribution in [0.15, 0.2) is 35.5 Å². The number of aliphatic hydroxyl groups is 5. The molecule has 0 aliphatic heterocycles. The third-order valence-electron chi connectivity index (χ3n) is 8.65. The summed E-state index contributed by atoms with van der Waals surface area (Å²) >= 11 is 0. The molecule has 7 atom stereocenters. The Balaban J connectivity index is 1.85. The van der Waals surface area contributed by atoms with Crippen molar-refractivity contribution in [2.24, 2.45) is 17.3 Å². The second-order valence-electron chi connectivity index (χ2n) is 11.6. The largest absolute Gasteiger partial charge is 0.393 e. The molecule has 0 radical (unpaired) electrons. The van der Waals surface area contributed by atoms with E-state index in [1.807, 2.05) is 19.9 Å². The highest BCUT2D eigenvalue weighted by Gasteiger charge is 2.65. The predicted octanol–water partition coefficient (Wildman–Crippen LogP) is 3.79. The normalized spacial score (nSPS) is 41.2. The molecule has 0 aromatic carbocycles. The average molecular weight is 449 g/mol. The van der Waals surface area contributed by atoms with Gasteiger partial charge in [-0.05, 0) is 74.9 Å². The molecule has 5 heteroatoms. The monoisotopic (exact) mass is 448 g/mol. The molecule has 0 spiro atoms. The van der Waals surface area contributed by atoms with Crippen LogP contribution in [0.5, 0.6) is 0 Å². The van der Waals surface area contributed by atoms with Crippen molar-refractivity contribution in [2.45, 2.75) is 115 Å². The van der Waals surface area contributed by atoms with Crippen LogP contribution in [-0.2, 0) is 0 Å². The molecule has 182 valence electrons. The molecular weight excluding hydrogens is 404 g/mol. The van der Waals surface area contributed by atoms with E-state index < -0.39 is 34.9 Å². The molecule has 1 unspecified atom stereocenters. The summed E-state index contributed by atoms with van der Waals surface area (Å²) in [5.74, 6) is 0.477. The van der Waals surface area contributed by atoms with Crippen LogP contribution >= 0.6 is 0 Å². The molecule has 3 saturated carbocycles. The van der Waals surface area contributed by atoms with Crippen molar-refractivity contribution in [1.29, 1.82) is 0 Å². The highest BCUT2D eigenvalue weighted by molar-refractivity contribution is 5.39. The summed E-state index contributed by atoms with van der Waals surface area (Å²) in [4.78, 5) is 0. The van der Waals surface area contributed by atoms with Crippen molar-refractivity contribution in [3.63, 3.8) is 0 Å². The van der Waals surface area contributed by atoms with Gasteiger partial charge in [0.05, 0.1) is 29.5 Å². The number of fused-ring (bicyclic) bond motifs is 1. The van der Waals surface area contributed by atoms with Gasteiger partial charge in [-0.3, -0.25) is 0 Å². The van der Waals surface area contributed by atoms with E-state index in [2.05, 4.69) is 19.6 Å². The third-order valence-corrected chi connectivity index (χ3v) is 8.65. The van der Waals surface area contributed by atoms with E-state index in [-0.39, 0.29) is 12.3 Å². The first-order valence-electron chi connectivity index (χ1n) is 12.4. The SMILES string of the molecule is C=C1C(=CC=C2CCC[C@@]3(C)[C@H]2CC[C@]3(O)[C@@](C)(O)CC(O)CC(C)C)C[C@@H](O)C[C@@H]1O. The molecule has 0 saturated heterocycles. The molecule has 3 rings (SSSR count). The molecule has 3 aliphatic rings. The standard InChI is InChI=1S/C27H44O5/c1-17(2)13-22(29)16-26(5,31)27(32)12-10-23-19(7-6-11-25(23,27)4)8-9-20-14-21(28)15-24(30)18(20)3/h8-9,17,21-24,28-32H,3,6-7,10-16H2,1-2,4-5H3/t21-,22?,23+,24+,25+,26+,27-/m1/s1. The molecule has 0 aromatic heterocycles. The topological polar surface area (TPSA) is 101 Å². The molecule has 5 nitrogen and oxygen atoms in total. The fraction of sp³-hybridized carbons (Fsp3) is 0.778. The first kappa shape index (κ1) is 25.6. The van der Waals surface area contributed by atoms with Gasteiger partial charge in [-0.1, -0.05) is 45.1 Å². The van der Waals surface area contributed by atoms with Crippen LogP contribution in [0, 0.1) is 17.3 Å². The smallest absolute Gasteiger partial charge is 0.0990 e. The molecule has 32 heavy (non-hydrogen) atoms. The minimum atomic E-state index is -1.38. The van der Waals surface area contributed by atoms with Gasteiger partial charge in [-0.25, -0.2) is 0 Å². The van der Waals surface area contributed by atoms with Crippen LogP contribution in [0.4, 0.5) is 0 Å². The second kappa shape index (κ2) is 9.34. The Morgan fingerprint density at radius 2 is 1.91 bits per heavy atom. The number of rotatable bonds is 6. The van der Waals surface area contributed by atoms with E-state index in [0.29, 0.717) is 37.2 Å². The first-order chi connectivity index (χ1) is 14.8. The van der Waals surface area contributed by atoms with Crippen LogP contribution in [0.25, 0.3) is 0 Å². The van der Waals surface area contributed by atoms with Gasteiger partial charge in [-0.2, -0.15) is 0 Å². The molecule has 0 amide bonds. The van der Waals surface area contributed by atoms with E-state index >= 15 is 0 Å². The Morgan fingerprint density at radius 1 is 1.22 bits per heavy atom. The maximum Gasteiger partial charge on any atom is 0.0990 e. The fourth-order valence-corrected chi connectivity index (χ4v) is 6.86. The summed E-state index contributed by atoms with van der Waals surface area (Å²) in [5.41, 5.74) is -0.306. The molecule has 0 heterocycles. The van der Waals surface area contributed by atoms with Crippen molar-refractivity contribution in [1.82, 2.24) is 0 Å². The van der Waals surface area contributed by atoms with E-state index in [4.69, 9.17) is 0 Å². The summed E-state index contributed by atoms with van der Waals surface area (Å²) < 4.78 is 0. The summed E-state index contributed by atoms with van der Waals surface area (Å²) in [7, 11) is 0. The number of allylic oxidation sites excluding steroid dienone is 3. The van der Waals surface area contributed by atoms with Gasteiger partial charge < -0.3 is 25.5 Å². The van der Waals surface area contributed by atoms with Gasteiger partial charge in [0.2, 0.25) is 0 Å². The lowest BCUT2D eigenvalue weighted by molar-refractivity contribution is -0.211. The Morgan fingerprint density at radius 3 is 2.56 bits per heavy atom. The zero-order valence-electron chi connectivity index (χ0n) is 20.3. The van der Waals surface area contributed by atoms with Crippen molar-refractivity contribution >= 4 is 0 Å². The van der Waals surface area contributed by atoms with Gasteiger partial charge in [0.25, 0.3) is 0 Å². The Bertz CT molecular complexity index is 766. The molecule has 5 N–H and O–H groups in total. The quantitative estimate of drug-likeness (QED) is 0.426. The minimum absolute atomic E-state index is 0.151. The maximum atomic E-state index is 11.9. The van der Waals surface area contributed by atoms with Crippen molar-refractivity contribution in [2.75, 3.05) is 0 Å². The first-order valence-corrected chi connectivity index (χ1v) is 12.4. The molecule has 3 fully saturated rings. The number of hydrogen-bond acceptors (Lipinski definition) is 5. The minimum Gasteiger partial charge on any atom is -0.393 e. The lowest BCUT2D eigenvalue weighted by atomic mass is 9.57. The summed E-state index contributed by atoms with van der Waals surface area (Å²) in [6.07, 6.45) is 7.79. The Kier molecular flexibility index (Phi) is 7.49. The second-order valence-corrected chi connectivity index (χ2v) is 11.6. The lowest BCUT2D eigenvalue weighted by Gasteiger charge is -2.53. The molecular formula is C27H44O5. The van der Waals surface area contributed by atoms with Crippen molar-refractivity contribution < 1.29 is 25.5 Å². The van der Waals surface area contributed by atoms with Crippen LogP contribution in [0.3, 0.4) is 0 Å². The third kappa shape index (κ3) is 4.65. The van der Waals surface area contributed by atoms with Crippen LogP contribution in [0.2, 0.25) is 0 Å². The van der Waals surface area contributed by atoms with E-state index in [0.717, 1.165) is 31.3 Å². The Labute approximate surface area is 193 Å². The zero-order valence-corrected chi connectivity index (χ0v) is 20.3. The summed E-state index contributed by atoms with van der Waals surface area (Å²) in [5, 5.41) is 54.1. The van der Waals surface area contributed by atoms with Gasteiger partial charge in [0, 0.05) is 18.3 Å². The van der Waals surface area contributed by atoms with E-state index in [1.54, 1.807) is 6.92 Å². The summed E-state index contributed by atoms with van der Waals surface area (Å²) in [6, 6.07) is 0. The molecule has 0 aromatic rings. The highest BCUT2D eigenvalue weighted by Crippen LogP contribution is 2.63. The zero-order chi connectivity index (χ0) is 23.9. The average Bonchev–Trinajstić information content (AvgIpc) is 2.95. The van der Waals surface area contributed by atoms with Gasteiger partial charge in [0.15, 0.2) is 0 Å². The number of hydrogen-bond donors (Lipinski definition) is 5. The van der Waals surface area contributed by atoms with E-state index in [1.165, 1.54) is 5.57 Å². The fourth-order valence-electron chi connectivity index (χ4n) is 6.86. The van der Waals surface area contributed by atoms with Gasteiger partial charge in [0.1, 0.15) is 0 Å². The van der Waals surface area contributed by atoms with Crippen LogP contribution in [-0.4, -0.2) is 55.0 Å². The lowest BCUT2D eigenvalue weighted by Crippen LogP contribution is -2.62. The maximum absolute atomic E-state index is 11.9. The van der Waals surface area contributed by atoms with Crippen molar-refractivity contribution in [3.8, 4) is 0 Å².